The third-order valence-electron chi connectivity index (χ3n) is 6.24. The minimum atomic E-state index is 0.220. The Labute approximate surface area is 132 Å². The topological polar surface area (TPSA) is 29.5 Å². The van der Waals surface area contributed by atoms with E-state index in [9.17, 15) is 4.79 Å². The number of benzene rings is 1. The van der Waals surface area contributed by atoms with Gasteiger partial charge in [0.2, 0.25) is 0 Å². The molecule has 5 rings (SSSR count). The summed E-state index contributed by atoms with van der Waals surface area (Å²) in [5.41, 5.74) is 1.94. The monoisotopic (exact) mass is 299 g/mol. The maximum absolute atomic E-state index is 12.8. The number of amides is 1. The van der Waals surface area contributed by atoms with Crippen LogP contribution in [0.25, 0.3) is 0 Å². The lowest BCUT2D eigenvalue weighted by atomic mass is 9.60. The molecule has 1 saturated heterocycles. The standard InChI is InChI=1S/C19H25NO2/c1-22-12-13-2-4-16(5-3-13)19(21)20-10-17-14-6-7-15(9-8-14)18(17)11-20/h2-5,14-15,17-18H,6-12H2,1H3/t14?,15?,17-,18+. The van der Waals surface area contributed by atoms with E-state index in [4.69, 9.17) is 4.74 Å². The molecule has 1 aliphatic heterocycles. The van der Waals surface area contributed by atoms with Gasteiger partial charge in [-0.25, -0.2) is 0 Å². The van der Waals surface area contributed by atoms with Crippen LogP contribution in [-0.4, -0.2) is 31.0 Å². The summed E-state index contributed by atoms with van der Waals surface area (Å²) in [5.74, 6) is 3.56. The first-order valence-corrected chi connectivity index (χ1v) is 8.63. The number of carbonyl (C=O) groups is 1. The maximum atomic E-state index is 12.8. The van der Waals surface area contributed by atoms with Crippen LogP contribution < -0.4 is 0 Å². The van der Waals surface area contributed by atoms with E-state index in [2.05, 4.69) is 4.90 Å². The molecule has 118 valence electrons. The summed E-state index contributed by atoms with van der Waals surface area (Å²) in [7, 11) is 1.69. The van der Waals surface area contributed by atoms with Crippen molar-refractivity contribution in [2.24, 2.45) is 23.7 Å². The molecule has 0 unspecified atom stereocenters. The molecule has 2 bridgehead atoms. The Balaban J connectivity index is 1.47. The molecule has 0 radical (unpaired) electrons. The van der Waals surface area contributed by atoms with E-state index < -0.39 is 0 Å². The fourth-order valence-electron chi connectivity index (χ4n) is 5.11. The molecule has 4 fully saturated rings. The molecular weight excluding hydrogens is 274 g/mol. The molecule has 3 heteroatoms. The fourth-order valence-corrected chi connectivity index (χ4v) is 5.11. The third kappa shape index (κ3) is 2.36. The Morgan fingerprint density at radius 3 is 2.09 bits per heavy atom. The van der Waals surface area contributed by atoms with Crippen LogP contribution in [0.2, 0.25) is 0 Å². The molecule has 3 saturated carbocycles. The average molecular weight is 299 g/mol. The molecule has 1 aromatic rings. The molecule has 1 heterocycles. The molecular formula is C19H25NO2. The number of carbonyl (C=O) groups excluding carboxylic acids is 1. The van der Waals surface area contributed by atoms with Gasteiger partial charge in [-0.05, 0) is 67.1 Å². The van der Waals surface area contributed by atoms with E-state index in [0.29, 0.717) is 6.61 Å². The average Bonchev–Trinajstić information content (AvgIpc) is 3.04. The van der Waals surface area contributed by atoms with Crippen LogP contribution in [0, 0.1) is 23.7 Å². The first-order chi connectivity index (χ1) is 10.8. The predicted octanol–water partition coefficient (Wildman–Crippen LogP) is 3.34. The number of hydrogen-bond donors (Lipinski definition) is 0. The van der Waals surface area contributed by atoms with E-state index in [1.807, 2.05) is 24.3 Å². The number of likely N-dealkylation sites (tertiary alicyclic amines) is 1. The van der Waals surface area contributed by atoms with Crippen molar-refractivity contribution in [3.63, 3.8) is 0 Å². The van der Waals surface area contributed by atoms with Gasteiger partial charge in [-0.1, -0.05) is 12.1 Å². The summed E-state index contributed by atoms with van der Waals surface area (Å²) in [6.07, 6.45) is 5.61. The van der Waals surface area contributed by atoms with Crippen molar-refractivity contribution < 1.29 is 9.53 Å². The van der Waals surface area contributed by atoms with Crippen LogP contribution in [0.1, 0.15) is 41.6 Å². The molecule has 0 spiro atoms. The Bertz CT molecular complexity index is 525. The number of fused-ring (bicyclic) bond motifs is 2. The lowest BCUT2D eigenvalue weighted by Crippen LogP contribution is -2.38. The highest BCUT2D eigenvalue weighted by Crippen LogP contribution is 2.51. The quantitative estimate of drug-likeness (QED) is 0.856. The zero-order chi connectivity index (χ0) is 15.1. The van der Waals surface area contributed by atoms with Gasteiger partial charge in [0.1, 0.15) is 0 Å². The van der Waals surface area contributed by atoms with Gasteiger partial charge in [0.05, 0.1) is 6.61 Å². The van der Waals surface area contributed by atoms with Gasteiger partial charge in [-0.2, -0.15) is 0 Å². The van der Waals surface area contributed by atoms with Crippen LogP contribution in [0.4, 0.5) is 0 Å². The lowest BCUT2D eigenvalue weighted by molar-refractivity contribution is 0.0577. The molecule has 1 aromatic carbocycles. The van der Waals surface area contributed by atoms with Crippen molar-refractivity contribution in [3.8, 4) is 0 Å². The van der Waals surface area contributed by atoms with E-state index in [-0.39, 0.29) is 5.91 Å². The van der Waals surface area contributed by atoms with E-state index in [0.717, 1.165) is 47.9 Å². The van der Waals surface area contributed by atoms with Crippen LogP contribution >= 0.6 is 0 Å². The van der Waals surface area contributed by atoms with Gasteiger partial charge in [0.15, 0.2) is 0 Å². The SMILES string of the molecule is COCc1ccc(C(=O)N2C[C@@H]3C4CCC(CC4)[C@@H]3C2)cc1. The van der Waals surface area contributed by atoms with Gasteiger partial charge in [0, 0.05) is 25.8 Å². The van der Waals surface area contributed by atoms with Crippen molar-refractivity contribution in [2.75, 3.05) is 20.2 Å². The second-order valence-corrected chi connectivity index (χ2v) is 7.34. The van der Waals surface area contributed by atoms with Crippen molar-refractivity contribution in [1.29, 1.82) is 0 Å². The van der Waals surface area contributed by atoms with Gasteiger partial charge in [-0.3, -0.25) is 4.79 Å². The summed E-state index contributed by atoms with van der Waals surface area (Å²) in [5, 5.41) is 0. The minimum absolute atomic E-state index is 0.220. The molecule has 0 N–H and O–H groups in total. The largest absolute Gasteiger partial charge is 0.380 e. The van der Waals surface area contributed by atoms with E-state index >= 15 is 0 Å². The first kappa shape index (κ1) is 14.3. The Morgan fingerprint density at radius 2 is 1.59 bits per heavy atom. The highest BCUT2D eigenvalue weighted by molar-refractivity contribution is 5.94. The Morgan fingerprint density at radius 1 is 1.05 bits per heavy atom. The molecule has 0 aromatic heterocycles. The Hall–Kier alpha value is -1.35. The summed E-state index contributed by atoms with van der Waals surface area (Å²) in [4.78, 5) is 14.9. The molecule has 22 heavy (non-hydrogen) atoms. The molecule has 3 nitrogen and oxygen atoms in total. The summed E-state index contributed by atoms with van der Waals surface area (Å²) in [6.45, 7) is 2.58. The van der Waals surface area contributed by atoms with Gasteiger partial charge in [-0.15, -0.1) is 0 Å². The fraction of sp³-hybridized carbons (Fsp3) is 0.632. The highest BCUT2D eigenvalue weighted by Gasteiger charge is 2.49. The molecule has 4 aliphatic rings. The van der Waals surface area contributed by atoms with Crippen molar-refractivity contribution in [1.82, 2.24) is 4.90 Å². The zero-order valence-corrected chi connectivity index (χ0v) is 13.3. The van der Waals surface area contributed by atoms with Crippen molar-refractivity contribution >= 4 is 5.91 Å². The predicted molar refractivity (Wildman–Crippen MR) is 85.5 cm³/mol. The number of nitrogens with zero attached hydrogens (tertiary/aromatic N) is 1. The zero-order valence-electron chi connectivity index (χ0n) is 13.3. The number of methoxy groups -OCH3 is 1. The summed E-state index contributed by atoms with van der Waals surface area (Å²) in [6, 6.07) is 7.91. The number of hydrogen-bond acceptors (Lipinski definition) is 2. The summed E-state index contributed by atoms with van der Waals surface area (Å²) >= 11 is 0. The second-order valence-electron chi connectivity index (χ2n) is 7.34. The van der Waals surface area contributed by atoms with Gasteiger partial charge >= 0.3 is 0 Å². The third-order valence-corrected chi connectivity index (χ3v) is 6.24. The van der Waals surface area contributed by atoms with Crippen LogP contribution in [0.3, 0.4) is 0 Å². The minimum Gasteiger partial charge on any atom is -0.380 e. The number of ether oxygens (including phenoxy) is 1. The van der Waals surface area contributed by atoms with Crippen molar-refractivity contribution in [2.45, 2.75) is 32.3 Å². The van der Waals surface area contributed by atoms with E-state index in [1.165, 1.54) is 25.7 Å². The molecule has 2 atom stereocenters. The Kier molecular flexibility index (Phi) is 3.69. The second kappa shape index (κ2) is 5.69. The normalized spacial score (nSPS) is 33.0. The van der Waals surface area contributed by atoms with Crippen LogP contribution in [-0.2, 0) is 11.3 Å². The van der Waals surface area contributed by atoms with Crippen molar-refractivity contribution in [3.05, 3.63) is 35.4 Å². The molecule has 1 amide bonds. The van der Waals surface area contributed by atoms with Gasteiger partial charge in [0.25, 0.3) is 5.91 Å². The van der Waals surface area contributed by atoms with Crippen LogP contribution in [0.5, 0.6) is 0 Å². The first-order valence-electron chi connectivity index (χ1n) is 8.63. The smallest absolute Gasteiger partial charge is 0.253 e. The maximum Gasteiger partial charge on any atom is 0.253 e. The van der Waals surface area contributed by atoms with E-state index in [1.54, 1.807) is 7.11 Å². The summed E-state index contributed by atoms with van der Waals surface area (Å²) < 4.78 is 5.13. The highest BCUT2D eigenvalue weighted by atomic mass is 16.5. The van der Waals surface area contributed by atoms with Gasteiger partial charge < -0.3 is 9.64 Å². The molecule has 3 aliphatic carbocycles. The van der Waals surface area contributed by atoms with Crippen LogP contribution in [0.15, 0.2) is 24.3 Å². The lowest BCUT2D eigenvalue weighted by Gasteiger charge is -2.44. The number of rotatable bonds is 3.